The molecule has 0 amide bonds. The van der Waals surface area contributed by atoms with Crippen molar-refractivity contribution in [1.29, 1.82) is 0 Å². The molecule has 2 aromatic heterocycles. The molecule has 0 spiro atoms. The smallest absolute Gasteiger partial charge is 0.149 e. The number of rotatable bonds is 4. The van der Waals surface area contributed by atoms with Gasteiger partial charge in [0.05, 0.1) is 12.1 Å². The molecule has 6 nitrogen and oxygen atoms in total. The summed E-state index contributed by atoms with van der Waals surface area (Å²) in [7, 11) is 3.94. The van der Waals surface area contributed by atoms with Crippen LogP contribution in [0.25, 0.3) is 0 Å². The van der Waals surface area contributed by atoms with Crippen molar-refractivity contribution in [2.45, 2.75) is 25.9 Å². The van der Waals surface area contributed by atoms with Gasteiger partial charge in [-0.1, -0.05) is 0 Å². The molecular weight excluding hydrogens is 216 g/mol. The van der Waals surface area contributed by atoms with Crippen LogP contribution in [0.15, 0.2) is 18.7 Å². The first kappa shape index (κ1) is 11.8. The van der Waals surface area contributed by atoms with E-state index in [9.17, 15) is 0 Å². The van der Waals surface area contributed by atoms with Crippen LogP contribution in [-0.2, 0) is 14.1 Å². The second-order valence-electron chi connectivity index (χ2n) is 4.31. The minimum Gasteiger partial charge on any atom is -0.337 e. The summed E-state index contributed by atoms with van der Waals surface area (Å²) in [6, 6.07) is 0.302. The van der Waals surface area contributed by atoms with Gasteiger partial charge in [-0.25, -0.2) is 4.98 Å². The highest BCUT2D eigenvalue weighted by molar-refractivity contribution is 5.00. The molecule has 0 aliphatic heterocycles. The third-order valence-electron chi connectivity index (χ3n) is 2.88. The summed E-state index contributed by atoms with van der Waals surface area (Å²) in [5.41, 5.74) is 0. The Bertz CT molecular complexity index is 441. The van der Waals surface area contributed by atoms with Gasteiger partial charge in [0.25, 0.3) is 0 Å². The Morgan fingerprint density at radius 1 is 1.12 bits per heavy atom. The van der Waals surface area contributed by atoms with Crippen LogP contribution in [0.5, 0.6) is 0 Å². The molecule has 1 N–H and O–H groups in total. The zero-order valence-corrected chi connectivity index (χ0v) is 10.6. The maximum Gasteiger partial charge on any atom is 0.149 e. The Kier molecular flexibility index (Phi) is 3.23. The zero-order valence-electron chi connectivity index (χ0n) is 10.6. The molecular formula is C11H18N6. The van der Waals surface area contributed by atoms with Crippen LogP contribution < -0.4 is 5.32 Å². The van der Waals surface area contributed by atoms with E-state index in [0.717, 1.165) is 11.6 Å². The van der Waals surface area contributed by atoms with E-state index in [1.165, 1.54) is 0 Å². The maximum absolute atomic E-state index is 4.33. The molecule has 92 valence electrons. The first-order valence-corrected chi connectivity index (χ1v) is 5.66. The van der Waals surface area contributed by atoms with Crippen molar-refractivity contribution in [2.24, 2.45) is 14.1 Å². The lowest BCUT2D eigenvalue weighted by Gasteiger charge is -2.19. The minimum absolute atomic E-state index is 0.134. The number of hydrogen-bond acceptors (Lipinski definition) is 4. The molecule has 0 aliphatic rings. The van der Waals surface area contributed by atoms with E-state index in [4.69, 9.17) is 0 Å². The largest absolute Gasteiger partial charge is 0.337 e. The predicted molar refractivity (Wildman–Crippen MR) is 64.2 cm³/mol. The summed E-state index contributed by atoms with van der Waals surface area (Å²) in [5.74, 6) is 1.94. The van der Waals surface area contributed by atoms with Crippen molar-refractivity contribution >= 4 is 0 Å². The molecule has 2 aromatic rings. The summed E-state index contributed by atoms with van der Waals surface area (Å²) in [5, 5.41) is 11.4. The second-order valence-corrected chi connectivity index (χ2v) is 4.31. The molecule has 0 fully saturated rings. The summed E-state index contributed by atoms with van der Waals surface area (Å²) in [6.07, 6.45) is 5.46. The highest BCUT2D eigenvalue weighted by Gasteiger charge is 2.17. The number of hydrogen-bond donors (Lipinski definition) is 1. The summed E-state index contributed by atoms with van der Waals surface area (Å²) >= 11 is 0. The van der Waals surface area contributed by atoms with Gasteiger partial charge in [0.2, 0.25) is 0 Å². The third kappa shape index (κ3) is 2.36. The number of aromatic nitrogens is 5. The normalized spacial score (nSPS) is 14.8. The summed E-state index contributed by atoms with van der Waals surface area (Å²) < 4.78 is 3.93. The van der Waals surface area contributed by atoms with Gasteiger partial charge in [-0.05, 0) is 13.8 Å². The lowest BCUT2D eigenvalue weighted by molar-refractivity contribution is 0.444. The second kappa shape index (κ2) is 4.67. The Morgan fingerprint density at radius 3 is 2.35 bits per heavy atom. The standard InChI is InChI=1S/C11H18N6/c1-8(10-12-5-6-16(10)3)14-9(2)11-15-13-7-17(11)4/h5-9,14H,1-4H3. The molecule has 0 aliphatic carbocycles. The van der Waals surface area contributed by atoms with Crippen molar-refractivity contribution in [2.75, 3.05) is 0 Å². The van der Waals surface area contributed by atoms with Crippen LogP contribution in [0.1, 0.15) is 37.6 Å². The first-order valence-electron chi connectivity index (χ1n) is 5.66. The number of imidazole rings is 1. The maximum atomic E-state index is 4.33. The topological polar surface area (TPSA) is 60.6 Å². The molecule has 2 heterocycles. The molecule has 2 unspecified atom stereocenters. The fourth-order valence-electron chi connectivity index (χ4n) is 2.00. The van der Waals surface area contributed by atoms with Crippen molar-refractivity contribution in [1.82, 2.24) is 29.6 Å². The third-order valence-corrected chi connectivity index (χ3v) is 2.88. The molecule has 17 heavy (non-hydrogen) atoms. The van der Waals surface area contributed by atoms with Gasteiger partial charge in [-0.3, -0.25) is 5.32 Å². The van der Waals surface area contributed by atoms with Crippen molar-refractivity contribution in [3.8, 4) is 0 Å². The average molecular weight is 234 g/mol. The van der Waals surface area contributed by atoms with Crippen molar-refractivity contribution in [3.63, 3.8) is 0 Å². The van der Waals surface area contributed by atoms with Gasteiger partial charge in [0, 0.05) is 26.5 Å². The van der Waals surface area contributed by atoms with E-state index >= 15 is 0 Å². The lowest BCUT2D eigenvalue weighted by atomic mass is 10.2. The Balaban J connectivity index is 2.07. The van der Waals surface area contributed by atoms with E-state index in [-0.39, 0.29) is 12.1 Å². The van der Waals surface area contributed by atoms with E-state index in [2.05, 4.69) is 34.3 Å². The van der Waals surface area contributed by atoms with Gasteiger partial charge < -0.3 is 9.13 Å². The van der Waals surface area contributed by atoms with Crippen LogP contribution >= 0.6 is 0 Å². The predicted octanol–water partition coefficient (Wildman–Crippen LogP) is 0.960. The first-order chi connectivity index (χ1) is 8.09. The molecule has 2 atom stereocenters. The fourth-order valence-corrected chi connectivity index (χ4v) is 2.00. The molecule has 0 saturated carbocycles. The molecule has 2 rings (SSSR count). The summed E-state index contributed by atoms with van der Waals surface area (Å²) in [4.78, 5) is 4.33. The Hall–Kier alpha value is -1.69. The number of nitrogens with one attached hydrogen (secondary N) is 1. The monoisotopic (exact) mass is 234 g/mol. The van der Waals surface area contributed by atoms with Gasteiger partial charge >= 0.3 is 0 Å². The average Bonchev–Trinajstić information content (AvgIpc) is 2.86. The number of aryl methyl sites for hydroxylation is 2. The van der Waals surface area contributed by atoms with Gasteiger partial charge in [0.15, 0.2) is 0 Å². The zero-order chi connectivity index (χ0) is 12.4. The molecule has 6 heteroatoms. The van der Waals surface area contributed by atoms with Crippen LogP contribution in [0.2, 0.25) is 0 Å². The molecule has 0 bridgehead atoms. The van der Waals surface area contributed by atoms with Crippen molar-refractivity contribution in [3.05, 3.63) is 30.4 Å². The Morgan fingerprint density at radius 2 is 1.82 bits per heavy atom. The van der Waals surface area contributed by atoms with Crippen LogP contribution in [0, 0.1) is 0 Å². The molecule has 0 aromatic carbocycles. The highest BCUT2D eigenvalue weighted by Crippen LogP contribution is 2.15. The highest BCUT2D eigenvalue weighted by atomic mass is 15.3. The van der Waals surface area contributed by atoms with E-state index in [0.29, 0.717) is 0 Å². The van der Waals surface area contributed by atoms with E-state index < -0.39 is 0 Å². The molecule has 0 saturated heterocycles. The van der Waals surface area contributed by atoms with Gasteiger partial charge in [-0.2, -0.15) is 0 Å². The van der Waals surface area contributed by atoms with Crippen LogP contribution in [0.3, 0.4) is 0 Å². The van der Waals surface area contributed by atoms with Crippen LogP contribution in [0.4, 0.5) is 0 Å². The van der Waals surface area contributed by atoms with Gasteiger partial charge in [0.1, 0.15) is 18.0 Å². The minimum atomic E-state index is 0.134. The summed E-state index contributed by atoms with van der Waals surface area (Å²) in [6.45, 7) is 4.17. The quantitative estimate of drug-likeness (QED) is 0.856. The Labute approximate surface area is 101 Å². The fraction of sp³-hybridized carbons (Fsp3) is 0.545. The number of nitrogens with zero attached hydrogens (tertiary/aromatic N) is 5. The van der Waals surface area contributed by atoms with E-state index in [1.807, 2.05) is 29.4 Å². The van der Waals surface area contributed by atoms with Crippen LogP contribution in [-0.4, -0.2) is 24.3 Å². The van der Waals surface area contributed by atoms with Gasteiger partial charge in [-0.15, -0.1) is 10.2 Å². The molecule has 0 radical (unpaired) electrons. The SMILES string of the molecule is CC(NC(C)c1nncn1C)c1nccn1C. The van der Waals surface area contributed by atoms with E-state index in [1.54, 1.807) is 12.5 Å². The van der Waals surface area contributed by atoms with Crippen molar-refractivity contribution < 1.29 is 0 Å². The lowest BCUT2D eigenvalue weighted by Crippen LogP contribution is -2.26.